The number of carbonyl (C=O) groups excluding carboxylic acids is 2. The van der Waals surface area contributed by atoms with Crippen LogP contribution in [-0.2, 0) is 9.59 Å². The highest BCUT2D eigenvalue weighted by atomic mass is 16.5. The summed E-state index contributed by atoms with van der Waals surface area (Å²) in [6, 6.07) is 5.30. The van der Waals surface area contributed by atoms with Crippen LogP contribution in [0, 0.1) is 5.39 Å². The number of anilines is 1. The molecule has 0 spiro atoms. The van der Waals surface area contributed by atoms with Crippen LogP contribution < -0.4 is 9.64 Å². The summed E-state index contributed by atoms with van der Waals surface area (Å²) in [6.45, 7) is 15.7. The van der Waals surface area contributed by atoms with E-state index >= 15 is 0 Å². The fraction of sp³-hybridized carbons (Fsp3) is 0.742. The van der Waals surface area contributed by atoms with Crippen LogP contribution in [0.5, 0.6) is 5.75 Å². The SMILES string of the molecule is CCCCN(CCCC)C(=O)CN(CC(=O)N(CCCC)CCCC)c1ccc([N+]#N)c(OC(CC)CC)c1. The van der Waals surface area contributed by atoms with Crippen LogP contribution in [0.1, 0.15) is 106 Å². The van der Waals surface area contributed by atoms with Gasteiger partial charge in [0.15, 0.2) is 4.98 Å². The van der Waals surface area contributed by atoms with Crippen molar-refractivity contribution < 1.29 is 14.3 Å². The lowest BCUT2D eigenvalue weighted by Crippen LogP contribution is -2.46. The van der Waals surface area contributed by atoms with Crippen molar-refractivity contribution in [3.05, 3.63) is 23.2 Å². The molecule has 0 N–H and O–H groups in total. The second-order valence-electron chi connectivity index (χ2n) is 10.3. The summed E-state index contributed by atoms with van der Waals surface area (Å²) in [4.78, 5) is 36.3. The molecule has 2 amide bonds. The molecule has 220 valence electrons. The lowest BCUT2D eigenvalue weighted by Gasteiger charge is -2.31. The van der Waals surface area contributed by atoms with Crippen molar-refractivity contribution in [2.45, 2.75) is 112 Å². The number of rotatable bonds is 21. The molecule has 0 unspecified atom stereocenters. The summed E-state index contributed by atoms with van der Waals surface area (Å²) in [5.41, 5.74) is 1.05. The lowest BCUT2D eigenvalue weighted by molar-refractivity contribution is -0.130. The van der Waals surface area contributed by atoms with Gasteiger partial charge in [-0.1, -0.05) is 67.2 Å². The van der Waals surface area contributed by atoms with E-state index in [9.17, 15) is 15.0 Å². The predicted molar refractivity (Wildman–Crippen MR) is 161 cm³/mol. The van der Waals surface area contributed by atoms with E-state index in [0.717, 1.165) is 90.4 Å². The highest BCUT2D eigenvalue weighted by molar-refractivity contribution is 5.87. The Bertz CT molecular complexity index is 831. The monoisotopic (exact) mass is 544 g/mol. The molecule has 1 aromatic carbocycles. The fourth-order valence-electron chi connectivity index (χ4n) is 4.39. The number of benzene rings is 1. The zero-order chi connectivity index (χ0) is 29.0. The number of unbranched alkanes of at least 4 members (excludes halogenated alkanes) is 4. The number of hydrogen-bond donors (Lipinski definition) is 0. The summed E-state index contributed by atoms with van der Waals surface area (Å²) < 4.78 is 6.17. The zero-order valence-electron chi connectivity index (χ0n) is 25.6. The Hall–Kier alpha value is -2.82. The average molecular weight is 545 g/mol. The van der Waals surface area contributed by atoms with E-state index in [-0.39, 0.29) is 31.0 Å². The Morgan fingerprint density at radius 2 is 1.21 bits per heavy atom. The molecular weight excluding hydrogens is 490 g/mol. The largest absolute Gasteiger partial charge is 0.483 e. The smallest absolute Gasteiger partial charge is 0.426 e. The molecule has 8 nitrogen and oxygen atoms in total. The van der Waals surface area contributed by atoms with E-state index in [1.165, 1.54) is 0 Å². The minimum absolute atomic E-state index is 0.0189. The molecule has 1 aromatic rings. The third kappa shape index (κ3) is 12.3. The molecule has 0 aliphatic heterocycles. The van der Waals surface area contributed by atoms with Gasteiger partial charge in [-0.2, -0.15) is 0 Å². The molecule has 0 bridgehead atoms. The van der Waals surface area contributed by atoms with Crippen molar-refractivity contribution in [3.8, 4) is 5.75 Å². The average Bonchev–Trinajstić information content (AvgIpc) is 2.95. The van der Waals surface area contributed by atoms with Gasteiger partial charge in [0.25, 0.3) is 0 Å². The first-order valence-electron chi connectivity index (χ1n) is 15.3. The van der Waals surface area contributed by atoms with E-state index in [0.29, 0.717) is 17.1 Å². The summed E-state index contributed by atoms with van der Waals surface area (Å²) >= 11 is 0. The fourth-order valence-corrected chi connectivity index (χ4v) is 4.39. The van der Waals surface area contributed by atoms with Crippen molar-refractivity contribution in [2.24, 2.45) is 0 Å². The Morgan fingerprint density at radius 1 is 0.769 bits per heavy atom. The standard InChI is InChI=1S/C31H54N5O3/c1-7-13-19-34(20-14-8-2)30(37)24-36(25-31(38)35(21-15-9-3)22-16-10-4)26-17-18-28(33-32)29(23-26)39-27(11-5)12-6/h17-18,23,27H,7-16,19-22,24-25H2,1-6H3/q+1. The number of amides is 2. The molecule has 0 saturated carbocycles. The molecule has 8 heteroatoms. The van der Waals surface area contributed by atoms with Gasteiger partial charge in [-0.25, -0.2) is 0 Å². The maximum absolute atomic E-state index is 13.6. The molecule has 0 radical (unpaired) electrons. The first kappa shape index (κ1) is 34.2. The van der Waals surface area contributed by atoms with Crippen molar-refractivity contribution in [2.75, 3.05) is 44.2 Å². The topological polar surface area (TPSA) is 81.2 Å². The number of diazo groups is 1. The van der Waals surface area contributed by atoms with E-state index in [1.807, 2.05) is 14.7 Å². The minimum atomic E-state index is -0.0189. The van der Waals surface area contributed by atoms with Gasteiger partial charge < -0.3 is 19.4 Å². The molecular formula is C31H54N5O3+. The first-order chi connectivity index (χ1) is 18.9. The number of ether oxygens (including phenoxy) is 1. The second-order valence-corrected chi connectivity index (χ2v) is 10.3. The molecule has 1 rings (SSSR count). The normalized spacial score (nSPS) is 10.8. The summed E-state index contributed by atoms with van der Waals surface area (Å²) in [5.74, 6) is 0.504. The number of hydrogen-bond acceptors (Lipinski definition) is 5. The lowest BCUT2D eigenvalue weighted by atomic mass is 10.2. The molecule has 0 aliphatic carbocycles. The van der Waals surface area contributed by atoms with Gasteiger partial charge in [-0.15, -0.1) is 0 Å². The van der Waals surface area contributed by atoms with Crippen LogP contribution in [0.2, 0.25) is 0 Å². The summed E-state index contributed by atoms with van der Waals surface area (Å²) in [5, 5.41) is 9.58. The van der Waals surface area contributed by atoms with Crippen LogP contribution in [0.25, 0.3) is 4.98 Å². The maximum atomic E-state index is 13.6. The predicted octanol–water partition coefficient (Wildman–Crippen LogP) is 7.40. The zero-order valence-corrected chi connectivity index (χ0v) is 25.6. The number of nitrogens with zero attached hydrogens (tertiary/aromatic N) is 5. The molecule has 0 aliphatic rings. The van der Waals surface area contributed by atoms with Gasteiger partial charge in [0.05, 0.1) is 19.2 Å². The van der Waals surface area contributed by atoms with Crippen LogP contribution in [0.3, 0.4) is 0 Å². The van der Waals surface area contributed by atoms with Crippen LogP contribution in [-0.4, -0.2) is 67.0 Å². The Balaban J connectivity index is 3.38. The van der Waals surface area contributed by atoms with Crippen molar-refractivity contribution in [1.82, 2.24) is 9.80 Å². The number of carbonyl (C=O) groups is 2. The second kappa shape index (κ2) is 20.1. The Labute approximate surface area is 237 Å². The minimum Gasteiger partial charge on any atom is -0.483 e. The molecule has 0 fully saturated rings. The Morgan fingerprint density at radius 3 is 1.56 bits per heavy atom. The van der Waals surface area contributed by atoms with Gasteiger partial charge >= 0.3 is 5.69 Å². The van der Waals surface area contributed by atoms with Gasteiger partial charge in [-0.05, 0) is 44.6 Å². The maximum Gasteiger partial charge on any atom is 0.426 e. The van der Waals surface area contributed by atoms with Crippen molar-refractivity contribution in [3.63, 3.8) is 0 Å². The van der Waals surface area contributed by atoms with E-state index in [1.54, 1.807) is 18.2 Å². The molecule has 0 atom stereocenters. The molecule has 0 heterocycles. The van der Waals surface area contributed by atoms with Crippen molar-refractivity contribution in [1.29, 1.82) is 5.39 Å². The molecule has 0 aromatic heterocycles. The van der Waals surface area contributed by atoms with Crippen molar-refractivity contribution >= 4 is 23.2 Å². The highest BCUT2D eigenvalue weighted by Crippen LogP contribution is 2.34. The Kier molecular flexibility index (Phi) is 17.7. The third-order valence-electron chi connectivity index (χ3n) is 7.10. The van der Waals surface area contributed by atoms with E-state index in [4.69, 9.17) is 4.74 Å². The first-order valence-corrected chi connectivity index (χ1v) is 15.3. The van der Waals surface area contributed by atoms with Gasteiger partial charge in [0.1, 0.15) is 0 Å². The van der Waals surface area contributed by atoms with Gasteiger partial charge in [0.2, 0.25) is 23.0 Å². The summed E-state index contributed by atoms with van der Waals surface area (Å²) in [6.07, 6.45) is 9.51. The van der Waals surface area contributed by atoms with Crippen LogP contribution >= 0.6 is 0 Å². The van der Waals surface area contributed by atoms with E-state index in [2.05, 4.69) is 46.5 Å². The summed E-state index contributed by atoms with van der Waals surface area (Å²) in [7, 11) is 0. The van der Waals surface area contributed by atoms with Crippen LogP contribution in [0.15, 0.2) is 18.2 Å². The van der Waals surface area contributed by atoms with Crippen LogP contribution in [0.4, 0.5) is 11.4 Å². The highest BCUT2D eigenvalue weighted by Gasteiger charge is 2.25. The quantitative estimate of drug-likeness (QED) is 0.151. The van der Waals surface area contributed by atoms with E-state index < -0.39 is 0 Å². The van der Waals surface area contributed by atoms with Gasteiger partial charge in [-0.3, -0.25) is 9.59 Å². The third-order valence-corrected chi connectivity index (χ3v) is 7.10. The molecule has 0 saturated heterocycles. The van der Waals surface area contributed by atoms with Gasteiger partial charge in [0, 0.05) is 44.0 Å². The molecule has 39 heavy (non-hydrogen) atoms.